The Morgan fingerprint density at radius 1 is 1.24 bits per heavy atom. The summed E-state index contributed by atoms with van der Waals surface area (Å²) in [5.41, 5.74) is 7.89. The highest BCUT2D eigenvalue weighted by molar-refractivity contribution is 5.73. The number of hydrogen-bond donors (Lipinski definition) is 1. The van der Waals surface area contributed by atoms with Crippen molar-refractivity contribution >= 4 is 16.7 Å². The number of hydrogen-bond acceptors (Lipinski definition) is 5. The van der Waals surface area contributed by atoms with Gasteiger partial charge in [-0.15, -0.1) is 0 Å². The molecule has 2 aromatic heterocycles. The van der Waals surface area contributed by atoms with Crippen LogP contribution in [0.15, 0.2) is 41.5 Å². The van der Waals surface area contributed by atoms with Crippen LogP contribution < -0.4 is 16.0 Å². The highest BCUT2D eigenvalue weighted by Gasteiger charge is 2.08. The number of nitrogen functional groups attached to an aromatic ring is 1. The fourth-order valence-electron chi connectivity index (χ4n) is 1.96. The van der Waals surface area contributed by atoms with E-state index in [1.165, 1.54) is 10.9 Å². The van der Waals surface area contributed by atoms with Crippen molar-refractivity contribution in [1.29, 1.82) is 0 Å². The summed E-state index contributed by atoms with van der Waals surface area (Å²) in [7, 11) is 1.63. The zero-order valence-corrected chi connectivity index (χ0v) is 11.7. The molecule has 0 radical (unpaired) electrons. The lowest BCUT2D eigenvalue weighted by molar-refractivity contribution is 0.461. The van der Waals surface area contributed by atoms with Crippen LogP contribution in [0.3, 0.4) is 0 Å². The van der Waals surface area contributed by atoms with E-state index in [9.17, 15) is 4.79 Å². The summed E-state index contributed by atoms with van der Waals surface area (Å²) in [4.78, 5) is 20.4. The van der Waals surface area contributed by atoms with Gasteiger partial charge in [-0.25, -0.2) is 9.97 Å². The van der Waals surface area contributed by atoms with Gasteiger partial charge in [0.1, 0.15) is 5.75 Å². The number of nitrogens with two attached hydrogens (primary N) is 1. The molecular formula is C15H14N4O2. The predicted molar refractivity (Wildman–Crippen MR) is 80.4 cm³/mol. The van der Waals surface area contributed by atoms with Gasteiger partial charge >= 0.3 is 0 Å². The SMILES string of the molecule is Cc1ccc(N)cc1Oc1ccc2ncn(C)c(=O)c2n1. The zero-order valence-electron chi connectivity index (χ0n) is 11.7. The number of benzene rings is 1. The molecule has 6 heteroatoms. The Morgan fingerprint density at radius 2 is 2.05 bits per heavy atom. The first-order valence-electron chi connectivity index (χ1n) is 6.41. The van der Waals surface area contributed by atoms with Crippen LogP contribution >= 0.6 is 0 Å². The standard InChI is InChI=1S/C15H14N4O2/c1-9-3-4-10(16)7-12(9)21-13-6-5-11-14(18-13)15(20)19(2)8-17-11/h3-8H,16H2,1-2H3. The van der Waals surface area contributed by atoms with Gasteiger partial charge in [0.25, 0.3) is 5.56 Å². The molecule has 0 aliphatic carbocycles. The summed E-state index contributed by atoms with van der Waals surface area (Å²) in [6.07, 6.45) is 1.47. The lowest BCUT2D eigenvalue weighted by Crippen LogP contribution is -2.18. The molecule has 0 saturated carbocycles. The van der Waals surface area contributed by atoms with Gasteiger partial charge in [-0.2, -0.15) is 0 Å². The molecule has 6 nitrogen and oxygen atoms in total. The summed E-state index contributed by atoms with van der Waals surface area (Å²) in [6, 6.07) is 8.78. The zero-order chi connectivity index (χ0) is 15.0. The molecule has 0 saturated heterocycles. The van der Waals surface area contributed by atoms with Crippen LogP contribution in [0, 0.1) is 6.92 Å². The van der Waals surface area contributed by atoms with Gasteiger partial charge in [0.2, 0.25) is 5.88 Å². The van der Waals surface area contributed by atoms with E-state index in [4.69, 9.17) is 10.5 Å². The third-order valence-electron chi connectivity index (χ3n) is 3.17. The molecule has 0 amide bonds. The fourth-order valence-corrected chi connectivity index (χ4v) is 1.96. The molecule has 106 valence electrons. The van der Waals surface area contributed by atoms with Crippen LogP contribution in [-0.4, -0.2) is 14.5 Å². The third kappa shape index (κ3) is 2.43. The number of anilines is 1. The van der Waals surface area contributed by atoms with Crippen molar-refractivity contribution in [3.63, 3.8) is 0 Å². The number of aromatic nitrogens is 3. The summed E-state index contributed by atoms with van der Waals surface area (Å²) in [6.45, 7) is 1.91. The Balaban J connectivity index is 2.07. The van der Waals surface area contributed by atoms with Crippen molar-refractivity contribution in [2.75, 3.05) is 5.73 Å². The molecular weight excluding hydrogens is 268 g/mol. The number of pyridine rings is 1. The van der Waals surface area contributed by atoms with Crippen LogP contribution in [0.2, 0.25) is 0 Å². The maximum Gasteiger partial charge on any atom is 0.279 e. The van der Waals surface area contributed by atoms with Gasteiger partial charge < -0.3 is 15.0 Å². The molecule has 21 heavy (non-hydrogen) atoms. The van der Waals surface area contributed by atoms with Gasteiger partial charge in [0.05, 0.1) is 11.8 Å². The molecule has 2 heterocycles. The normalized spacial score (nSPS) is 10.8. The monoisotopic (exact) mass is 282 g/mol. The average Bonchev–Trinajstić information content (AvgIpc) is 2.47. The van der Waals surface area contributed by atoms with Gasteiger partial charge in [-0.05, 0) is 24.6 Å². The largest absolute Gasteiger partial charge is 0.439 e. The summed E-state index contributed by atoms with van der Waals surface area (Å²) in [5.74, 6) is 0.948. The minimum atomic E-state index is -0.213. The van der Waals surface area contributed by atoms with Gasteiger partial charge in [0.15, 0.2) is 5.52 Å². The van der Waals surface area contributed by atoms with E-state index in [0.29, 0.717) is 22.8 Å². The summed E-state index contributed by atoms with van der Waals surface area (Å²) >= 11 is 0. The molecule has 1 aromatic carbocycles. The maximum atomic E-state index is 12.0. The Kier molecular flexibility index (Phi) is 3.06. The maximum absolute atomic E-state index is 12.0. The smallest absolute Gasteiger partial charge is 0.279 e. The topological polar surface area (TPSA) is 83.0 Å². The number of rotatable bonds is 2. The lowest BCUT2D eigenvalue weighted by Gasteiger charge is -2.09. The second-order valence-corrected chi connectivity index (χ2v) is 4.80. The second kappa shape index (κ2) is 4.90. The second-order valence-electron chi connectivity index (χ2n) is 4.80. The van der Waals surface area contributed by atoms with Gasteiger partial charge in [0, 0.05) is 24.9 Å². The number of aryl methyl sites for hydroxylation is 2. The molecule has 0 aliphatic rings. The fraction of sp³-hybridized carbons (Fsp3) is 0.133. The number of ether oxygens (including phenoxy) is 1. The van der Waals surface area contributed by atoms with Crippen LogP contribution in [0.5, 0.6) is 11.6 Å². The average molecular weight is 282 g/mol. The van der Waals surface area contributed by atoms with Crippen LogP contribution in [0.4, 0.5) is 5.69 Å². The van der Waals surface area contributed by atoms with E-state index in [2.05, 4.69) is 9.97 Å². The minimum absolute atomic E-state index is 0.213. The molecule has 3 aromatic rings. The Morgan fingerprint density at radius 3 is 2.86 bits per heavy atom. The number of fused-ring (bicyclic) bond motifs is 1. The Labute approximate surface area is 120 Å². The Bertz CT molecular complexity index is 886. The molecule has 0 spiro atoms. The van der Waals surface area contributed by atoms with Crippen molar-refractivity contribution in [2.24, 2.45) is 7.05 Å². The Hall–Kier alpha value is -2.89. The molecule has 0 bridgehead atoms. The van der Waals surface area contributed by atoms with Gasteiger partial charge in [-0.1, -0.05) is 6.07 Å². The molecule has 0 atom stereocenters. The highest BCUT2D eigenvalue weighted by atomic mass is 16.5. The quantitative estimate of drug-likeness (QED) is 0.727. The van der Waals surface area contributed by atoms with Crippen molar-refractivity contribution in [3.05, 3.63) is 52.6 Å². The van der Waals surface area contributed by atoms with Crippen LogP contribution in [0.25, 0.3) is 11.0 Å². The predicted octanol–water partition coefficient (Wildman–Crippen LogP) is 2.01. The highest BCUT2D eigenvalue weighted by Crippen LogP contribution is 2.26. The first-order chi connectivity index (χ1) is 10.0. The molecule has 3 rings (SSSR count). The van der Waals surface area contributed by atoms with Crippen molar-refractivity contribution in [3.8, 4) is 11.6 Å². The summed E-state index contributed by atoms with van der Waals surface area (Å²) < 4.78 is 7.11. The van der Waals surface area contributed by atoms with Crippen molar-refractivity contribution in [1.82, 2.24) is 14.5 Å². The number of nitrogens with zero attached hydrogens (tertiary/aromatic N) is 3. The first-order valence-corrected chi connectivity index (χ1v) is 6.41. The lowest BCUT2D eigenvalue weighted by atomic mass is 10.2. The molecule has 2 N–H and O–H groups in total. The van der Waals surface area contributed by atoms with Crippen molar-refractivity contribution in [2.45, 2.75) is 6.92 Å². The molecule has 0 aliphatic heterocycles. The van der Waals surface area contributed by atoms with E-state index in [0.717, 1.165) is 5.56 Å². The molecule has 0 fully saturated rings. The van der Waals surface area contributed by atoms with E-state index in [-0.39, 0.29) is 11.1 Å². The van der Waals surface area contributed by atoms with E-state index in [1.807, 2.05) is 13.0 Å². The molecule has 0 unspecified atom stereocenters. The van der Waals surface area contributed by atoms with E-state index >= 15 is 0 Å². The summed E-state index contributed by atoms with van der Waals surface area (Å²) in [5, 5.41) is 0. The van der Waals surface area contributed by atoms with Crippen LogP contribution in [-0.2, 0) is 7.05 Å². The third-order valence-corrected chi connectivity index (χ3v) is 3.17. The van der Waals surface area contributed by atoms with Crippen LogP contribution in [0.1, 0.15) is 5.56 Å². The van der Waals surface area contributed by atoms with E-state index in [1.54, 1.807) is 31.3 Å². The van der Waals surface area contributed by atoms with E-state index < -0.39 is 0 Å². The first kappa shape index (κ1) is 13.1. The van der Waals surface area contributed by atoms with Gasteiger partial charge in [-0.3, -0.25) is 4.79 Å². The minimum Gasteiger partial charge on any atom is -0.439 e. The van der Waals surface area contributed by atoms with Crippen molar-refractivity contribution < 1.29 is 4.74 Å².